The average Bonchev–Trinajstić information content (AvgIpc) is 2.80. The predicted molar refractivity (Wildman–Crippen MR) is 138 cm³/mol. The van der Waals surface area contributed by atoms with Crippen molar-refractivity contribution in [3.8, 4) is 5.75 Å². The van der Waals surface area contributed by atoms with Crippen LogP contribution in [0.2, 0.25) is 0 Å². The van der Waals surface area contributed by atoms with Gasteiger partial charge >= 0.3 is 5.97 Å². The van der Waals surface area contributed by atoms with Gasteiger partial charge in [0.1, 0.15) is 5.75 Å². The maximum absolute atomic E-state index is 12.4. The van der Waals surface area contributed by atoms with Crippen LogP contribution in [-0.2, 0) is 24.3 Å². The number of hydrogen-bond acceptors (Lipinski definition) is 6. The molecule has 0 aromatic heterocycles. The number of carbonyl (C=O) groups is 1. The Morgan fingerprint density at radius 3 is 2.00 bits per heavy atom. The SMILES string of the molecule is CCCCCCCCCCCCC(Oc1ccc(NS(=O)(=O)CCOCC)cc1)C(=O)OCC. The first-order chi connectivity index (χ1) is 16.4. The number of sulfonamides is 1. The minimum absolute atomic E-state index is 0.108. The first-order valence-electron chi connectivity index (χ1n) is 12.9. The highest BCUT2D eigenvalue weighted by molar-refractivity contribution is 7.92. The highest BCUT2D eigenvalue weighted by Gasteiger charge is 2.21. The summed E-state index contributed by atoms with van der Waals surface area (Å²) in [6, 6.07) is 6.56. The largest absolute Gasteiger partial charge is 0.479 e. The molecule has 8 heteroatoms. The van der Waals surface area contributed by atoms with E-state index in [4.69, 9.17) is 14.2 Å². The molecule has 0 spiro atoms. The van der Waals surface area contributed by atoms with Crippen molar-refractivity contribution in [3.63, 3.8) is 0 Å². The summed E-state index contributed by atoms with van der Waals surface area (Å²) < 4.78 is 42.9. The van der Waals surface area contributed by atoms with Crippen LogP contribution < -0.4 is 9.46 Å². The van der Waals surface area contributed by atoms with Crippen molar-refractivity contribution in [2.45, 2.75) is 97.5 Å². The van der Waals surface area contributed by atoms with E-state index in [0.29, 0.717) is 31.1 Å². The predicted octanol–water partition coefficient (Wildman–Crippen LogP) is 6.09. The summed E-state index contributed by atoms with van der Waals surface area (Å²) in [4.78, 5) is 12.4. The Morgan fingerprint density at radius 1 is 0.853 bits per heavy atom. The van der Waals surface area contributed by atoms with Gasteiger partial charge in [-0.05, 0) is 51.0 Å². The number of benzene rings is 1. The zero-order valence-corrected chi connectivity index (χ0v) is 22.2. The molecular formula is C26H45NO6S. The molecule has 1 aromatic carbocycles. The number of hydrogen-bond donors (Lipinski definition) is 1. The molecule has 0 amide bonds. The lowest BCUT2D eigenvalue weighted by Crippen LogP contribution is -2.29. The highest BCUT2D eigenvalue weighted by atomic mass is 32.2. The van der Waals surface area contributed by atoms with Gasteiger partial charge in [0.25, 0.3) is 0 Å². The second-order valence-electron chi connectivity index (χ2n) is 8.47. The maximum atomic E-state index is 12.4. The van der Waals surface area contributed by atoms with E-state index < -0.39 is 16.1 Å². The number of nitrogens with one attached hydrogen (secondary N) is 1. The quantitative estimate of drug-likeness (QED) is 0.163. The van der Waals surface area contributed by atoms with Crippen LogP contribution in [0.1, 0.15) is 91.4 Å². The molecule has 0 aliphatic heterocycles. The van der Waals surface area contributed by atoms with E-state index in [9.17, 15) is 13.2 Å². The van der Waals surface area contributed by atoms with Gasteiger partial charge < -0.3 is 14.2 Å². The van der Waals surface area contributed by atoms with Crippen molar-refractivity contribution in [3.05, 3.63) is 24.3 Å². The lowest BCUT2D eigenvalue weighted by Gasteiger charge is -2.18. The van der Waals surface area contributed by atoms with E-state index in [1.165, 1.54) is 51.4 Å². The van der Waals surface area contributed by atoms with E-state index >= 15 is 0 Å². The molecule has 7 nitrogen and oxygen atoms in total. The van der Waals surface area contributed by atoms with Crippen LogP contribution in [0.15, 0.2) is 24.3 Å². The van der Waals surface area contributed by atoms with E-state index in [0.717, 1.165) is 12.8 Å². The number of unbranched alkanes of at least 4 members (excludes halogenated alkanes) is 9. The van der Waals surface area contributed by atoms with E-state index in [2.05, 4.69) is 11.6 Å². The van der Waals surface area contributed by atoms with Gasteiger partial charge in [-0.2, -0.15) is 0 Å². The van der Waals surface area contributed by atoms with Crippen LogP contribution >= 0.6 is 0 Å². The molecule has 0 aliphatic carbocycles. The van der Waals surface area contributed by atoms with Gasteiger partial charge in [0.2, 0.25) is 10.0 Å². The monoisotopic (exact) mass is 499 g/mol. The van der Waals surface area contributed by atoms with Crippen LogP contribution in [0.3, 0.4) is 0 Å². The molecule has 0 heterocycles. The summed E-state index contributed by atoms with van der Waals surface area (Å²) in [6.45, 7) is 6.76. The molecule has 1 N–H and O–H groups in total. The molecule has 0 radical (unpaired) electrons. The minimum Gasteiger partial charge on any atom is -0.479 e. The lowest BCUT2D eigenvalue weighted by atomic mass is 10.0. The van der Waals surface area contributed by atoms with Crippen molar-refractivity contribution in [1.82, 2.24) is 0 Å². The van der Waals surface area contributed by atoms with Crippen LogP contribution in [0, 0.1) is 0 Å². The Balaban J connectivity index is 2.46. The fourth-order valence-electron chi connectivity index (χ4n) is 3.59. The lowest BCUT2D eigenvalue weighted by molar-refractivity contribution is -0.151. The summed E-state index contributed by atoms with van der Waals surface area (Å²) >= 11 is 0. The highest BCUT2D eigenvalue weighted by Crippen LogP contribution is 2.21. The topological polar surface area (TPSA) is 90.9 Å². The van der Waals surface area contributed by atoms with Gasteiger partial charge in [-0.1, -0.05) is 64.7 Å². The summed E-state index contributed by atoms with van der Waals surface area (Å²) in [5, 5.41) is 0. The normalized spacial score (nSPS) is 12.3. The van der Waals surface area contributed by atoms with Crippen molar-refractivity contribution >= 4 is 21.7 Å². The fraction of sp³-hybridized carbons (Fsp3) is 0.731. The molecular weight excluding hydrogens is 454 g/mol. The third kappa shape index (κ3) is 14.5. The van der Waals surface area contributed by atoms with Crippen molar-refractivity contribution in [2.24, 2.45) is 0 Å². The molecule has 1 atom stereocenters. The third-order valence-corrected chi connectivity index (χ3v) is 6.73. The second kappa shape index (κ2) is 18.5. The summed E-state index contributed by atoms with van der Waals surface area (Å²) in [7, 11) is -3.48. The molecule has 0 aliphatic rings. The van der Waals surface area contributed by atoms with E-state index in [1.807, 2.05) is 6.92 Å². The Hall–Kier alpha value is -1.80. The third-order valence-electron chi connectivity index (χ3n) is 5.48. The molecule has 0 fully saturated rings. The Bertz CT molecular complexity index is 751. The zero-order chi connectivity index (χ0) is 25.1. The van der Waals surface area contributed by atoms with E-state index in [-0.39, 0.29) is 18.3 Å². The summed E-state index contributed by atoms with van der Waals surface area (Å²) in [5.41, 5.74) is 0.436. The number of carbonyl (C=O) groups excluding carboxylic acids is 1. The molecule has 1 rings (SSSR count). The van der Waals surface area contributed by atoms with Crippen molar-refractivity contribution < 1.29 is 27.4 Å². The van der Waals surface area contributed by atoms with Crippen LogP contribution in [0.4, 0.5) is 5.69 Å². The Morgan fingerprint density at radius 2 is 1.44 bits per heavy atom. The van der Waals surface area contributed by atoms with Gasteiger partial charge in [0.15, 0.2) is 6.10 Å². The number of ether oxygens (including phenoxy) is 3. The van der Waals surface area contributed by atoms with Crippen LogP contribution in [-0.4, -0.2) is 46.1 Å². The standard InChI is InChI=1S/C26H45NO6S/c1-4-7-8-9-10-11-12-13-14-15-16-25(26(28)32-6-3)33-24-19-17-23(18-20-24)27-34(29,30)22-21-31-5-2/h17-20,25,27H,4-16,21-22H2,1-3H3. The first-order valence-corrected chi connectivity index (χ1v) is 14.6. The van der Waals surface area contributed by atoms with Gasteiger partial charge in [-0.25, -0.2) is 13.2 Å². The molecule has 0 saturated heterocycles. The van der Waals surface area contributed by atoms with Gasteiger partial charge in [-0.3, -0.25) is 4.72 Å². The summed E-state index contributed by atoms with van der Waals surface area (Å²) in [5.74, 6) is 0.0320. The molecule has 0 saturated carbocycles. The van der Waals surface area contributed by atoms with Gasteiger partial charge in [0.05, 0.1) is 19.0 Å². The van der Waals surface area contributed by atoms with Crippen LogP contribution in [0.25, 0.3) is 0 Å². The zero-order valence-electron chi connectivity index (χ0n) is 21.4. The molecule has 0 bridgehead atoms. The van der Waals surface area contributed by atoms with Crippen molar-refractivity contribution in [2.75, 3.05) is 30.3 Å². The molecule has 1 aromatic rings. The molecule has 1 unspecified atom stereocenters. The Labute approximate surface area is 207 Å². The fourth-order valence-corrected chi connectivity index (χ4v) is 4.52. The van der Waals surface area contributed by atoms with E-state index in [1.54, 1.807) is 31.2 Å². The Kier molecular flexibility index (Phi) is 16.5. The van der Waals surface area contributed by atoms with Gasteiger partial charge in [0, 0.05) is 12.3 Å². The first kappa shape index (κ1) is 30.2. The maximum Gasteiger partial charge on any atom is 0.347 e. The number of rotatable bonds is 21. The van der Waals surface area contributed by atoms with Crippen molar-refractivity contribution in [1.29, 1.82) is 0 Å². The number of esters is 1. The summed E-state index contributed by atoms with van der Waals surface area (Å²) in [6.07, 6.45) is 12.2. The smallest absolute Gasteiger partial charge is 0.347 e. The second-order valence-corrected chi connectivity index (χ2v) is 10.3. The van der Waals surface area contributed by atoms with Gasteiger partial charge in [-0.15, -0.1) is 0 Å². The van der Waals surface area contributed by atoms with Crippen LogP contribution in [0.5, 0.6) is 5.75 Å². The molecule has 34 heavy (non-hydrogen) atoms. The average molecular weight is 500 g/mol. The number of anilines is 1. The minimum atomic E-state index is -3.48. The molecule has 196 valence electrons.